The molecule has 26 heavy (non-hydrogen) atoms. The SMILES string of the molecule is Nc1cc(Nc2cc(NC3CC3)c3ncc(N)n3n2)cc(C(F)(F)F)c1. The van der Waals surface area contributed by atoms with Gasteiger partial charge in [-0.3, -0.25) is 0 Å². The molecule has 2 aromatic heterocycles. The second-order valence-corrected chi connectivity index (χ2v) is 6.25. The van der Waals surface area contributed by atoms with Crippen LogP contribution in [0.1, 0.15) is 18.4 Å². The van der Waals surface area contributed by atoms with Crippen molar-refractivity contribution in [1.82, 2.24) is 14.6 Å². The van der Waals surface area contributed by atoms with Gasteiger partial charge >= 0.3 is 6.18 Å². The lowest BCUT2D eigenvalue weighted by molar-refractivity contribution is -0.137. The first-order chi connectivity index (χ1) is 12.3. The minimum atomic E-state index is -4.49. The second-order valence-electron chi connectivity index (χ2n) is 6.25. The van der Waals surface area contributed by atoms with E-state index in [1.165, 1.54) is 16.8 Å². The molecule has 1 saturated carbocycles. The Morgan fingerprint density at radius 2 is 1.88 bits per heavy atom. The van der Waals surface area contributed by atoms with Crippen molar-refractivity contribution in [1.29, 1.82) is 0 Å². The highest BCUT2D eigenvalue weighted by Crippen LogP contribution is 2.34. The van der Waals surface area contributed by atoms with Crippen molar-refractivity contribution in [2.24, 2.45) is 0 Å². The van der Waals surface area contributed by atoms with Gasteiger partial charge in [0.2, 0.25) is 0 Å². The first-order valence-electron chi connectivity index (χ1n) is 7.95. The van der Waals surface area contributed by atoms with E-state index in [1.807, 2.05) is 0 Å². The van der Waals surface area contributed by atoms with Gasteiger partial charge in [-0.05, 0) is 31.0 Å². The minimum absolute atomic E-state index is 0.00174. The highest BCUT2D eigenvalue weighted by atomic mass is 19.4. The molecule has 10 heteroatoms. The van der Waals surface area contributed by atoms with Crippen LogP contribution < -0.4 is 22.1 Å². The maximum atomic E-state index is 13.0. The van der Waals surface area contributed by atoms with Gasteiger partial charge in [0.15, 0.2) is 11.5 Å². The van der Waals surface area contributed by atoms with Gasteiger partial charge in [0.1, 0.15) is 5.82 Å². The largest absolute Gasteiger partial charge is 0.416 e. The summed E-state index contributed by atoms with van der Waals surface area (Å²) in [5, 5.41) is 10.5. The summed E-state index contributed by atoms with van der Waals surface area (Å²) in [7, 11) is 0. The van der Waals surface area contributed by atoms with Crippen molar-refractivity contribution in [2.75, 3.05) is 22.1 Å². The van der Waals surface area contributed by atoms with E-state index < -0.39 is 11.7 Å². The molecule has 1 fully saturated rings. The molecule has 3 aromatic rings. The van der Waals surface area contributed by atoms with Gasteiger partial charge in [-0.15, -0.1) is 5.10 Å². The summed E-state index contributed by atoms with van der Waals surface area (Å²) in [6.07, 6.45) is -0.904. The summed E-state index contributed by atoms with van der Waals surface area (Å²) >= 11 is 0. The number of alkyl halides is 3. The fourth-order valence-electron chi connectivity index (χ4n) is 2.64. The minimum Gasteiger partial charge on any atom is -0.399 e. The maximum absolute atomic E-state index is 13.0. The Bertz CT molecular complexity index is 976. The molecule has 136 valence electrons. The molecule has 7 nitrogen and oxygen atoms in total. The summed E-state index contributed by atoms with van der Waals surface area (Å²) in [6.45, 7) is 0. The van der Waals surface area contributed by atoms with Gasteiger partial charge in [-0.1, -0.05) is 0 Å². The third kappa shape index (κ3) is 3.17. The predicted molar refractivity (Wildman–Crippen MR) is 93.2 cm³/mol. The van der Waals surface area contributed by atoms with Gasteiger partial charge in [0, 0.05) is 23.5 Å². The quantitative estimate of drug-likeness (QED) is 0.530. The number of imidazole rings is 1. The topological polar surface area (TPSA) is 106 Å². The first-order valence-corrected chi connectivity index (χ1v) is 7.95. The van der Waals surface area contributed by atoms with Crippen LogP contribution in [0.15, 0.2) is 30.5 Å². The Balaban J connectivity index is 1.73. The highest BCUT2D eigenvalue weighted by molar-refractivity contribution is 5.75. The number of fused-ring (bicyclic) bond motifs is 1. The number of nitrogens with one attached hydrogen (secondary N) is 2. The average molecular weight is 363 g/mol. The summed E-state index contributed by atoms with van der Waals surface area (Å²) in [6, 6.07) is 5.32. The van der Waals surface area contributed by atoms with Gasteiger partial charge in [0.25, 0.3) is 0 Å². The molecule has 0 bridgehead atoms. The molecule has 1 aliphatic carbocycles. The van der Waals surface area contributed by atoms with E-state index >= 15 is 0 Å². The molecule has 1 aliphatic rings. The van der Waals surface area contributed by atoms with Crippen molar-refractivity contribution in [3.8, 4) is 0 Å². The Kier molecular flexibility index (Phi) is 3.56. The van der Waals surface area contributed by atoms with Crippen LogP contribution in [-0.4, -0.2) is 20.6 Å². The lowest BCUT2D eigenvalue weighted by Crippen LogP contribution is -2.09. The number of anilines is 5. The maximum Gasteiger partial charge on any atom is 0.416 e. The monoisotopic (exact) mass is 363 g/mol. The van der Waals surface area contributed by atoms with Crippen LogP contribution in [0.4, 0.5) is 41.9 Å². The predicted octanol–water partition coefficient (Wildman–Crippen LogP) is 3.23. The molecule has 0 radical (unpaired) electrons. The number of aromatic nitrogens is 3. The number of hydrogen-bond acceptors (Lipinski definition) is 6. The summed E-state index contributed by atoms with van der Waals surface area (Å²) in [4.78, 5) is 4.22. The van der Waals surface area contributed by atoms with E-state index in [9.17, 15) is 13.2 Å². The van der Waals surface area contributed by atoms with Gasteiger partial charge in [0.05, 0.1) is 17.4 Å². The smallest absolute Gasteiger partial charge is 0.399 e. The highest BCUT2D eigenvalue weighted by Gasteiger charge is 2.31. The number of nitrogen functional groups attached to an aromatic ring is 2. The number of benzene rings is 1. The van der Waals surface area contributed by atoms with Crippen LogP contribution in [0.2, 0.25) is 0 Å². The average Bonchev–Trinajstić information content (AvgIpc) is 3.28. The second kappa shape index (κ2) is 5.68. The summed E-state index contributed by atoms with van der Waals surface area (Å²) < 4.78 is 40.4. The van der Waals surface area contributed by atoms with Crippen LogP contribution in [0.3, 0.4) is 0 Å². The molecule has 0 aliphatic heterocycles. The van der Waals surface area contributed by atoms with Crippen molar-refractivity contribution < 1.29 is 13.2 Å². The molecule has 0 amide bonds. The summed E-state index contributed by atoms with van der Waals surface area (Å²) in [5.41, 5.74) is 12.1. The number of hydrogen-bond donors (Lipinski definition) is 4. The molecule has 0 spiro atoms. The van der Waals surface area contributed by atoms with Gasteiger partial charge < -0.3 is 22.1 Å². The molecule has 0 atom stereocenters. The van der Waals surface area contributed by atoms with E-state index in [1.54, 1.807) is 6.07 Å². The zero-order chi connectivity index (χ0) is 18.5. The number of rotatable bonds is 4. The van der Waals surface area contributed by atoms with E-state index in [2.05, 4.69) is 20.7 Å². The zero-order valence-electron chi connectivity index (χ0n) is 13.5. The lowest BCUT2D eigenvalue weighted by atomic mass is 10.1. The van der Waals surface area contributed by atoms with Crippen LogP contribution in [0.5, 0.6) is 0 Å². The Morgan fingerprint density at radius 3 is 2.58 bits per heavy atom. The molecule has 0 saturated heterocycles. The Labute approximate surface area is 146 Å². The third-order valence-corrected chi connectivity index (χ3v) is 3.99. The van der Waals surface area contributed by atoms with Crippen molar-refractivity contribution in [3.05, 3.63) is 36.0 Å². The van der Waals surface area contributed by atoms with Crippen molar-refractivity contribution >= 4 is 34.3 Å². The lowest BCUT2D eigenvalue weighted by Gasteiger charge is -2.13. The molecule has 6 N–H and O–H groups in total. The molecule has 1 aromatic carbocycles. The van der Waals surface area contributed by atoms with Crippen LogP contribution in [-0.2, 0) is 6.18 Å². The fourth-order valence-corrected chi connectivity index (χ4v) is 2.64. The molecule has 4 rings (SSSR count). The molecular weight excluding hydrogens is 347 g/mol. The number of nitrogens with two attached hydrogens (primary N) is 2. The molecule has 0 unspecified atom stereocenters. The molecular formula is C16H16F3N7. The van der Waals surface area contributed by atoms with Crippen molar-refractivity contribution in [3.63, 3.8) is 0 Å². The van der Waals surface area contributed by atoms with Crippen LogP contribution >= 0.6 is 0 Å². The third-order valence-electron chi connectivity index (χ3n) is 3.99. The number of halogens is 3. The van der Waals surface area contributed by atoms with E-state index in [-0.39, 0.29) is 11.4 Å². The van der Waals surface area contributed by atoms with E-state index in [0.29, 0.717) is 29.0 Å². The number of nitrogens with zero attached hydrogens (tertiary/aromatic N) is 3. The Morgan fingerprint density at radius 1 is 1.12 bits per heavy atom. The van der Waals surface area contributed by atoms with Crippen molar-refractivity contribution in [2.45, 2.75) is 25.1 Å². The van der Waals surface area contributed by atoms with Crippen LogP contribution in [0.25, 0.3) is 5.65 Å². The Hall–Kier alpha value is -3.17. The van der Waals surface area contributed by atoms with E-state index in [0.717, 1.165) is 25.0 Å². The zero-order valence-corrected chi connectivity index (χ0v) is 13.5. The molecule has 2 heterocycles. The first kappa shape index (κ1) is 16.3. The van der Waals surface area contributed by atoms with E-state index in [4.69, 9.17) is 11.5 Å². The van der Waals surface area contributed by atoms with Gasteiger partial charge in [-0.2, -0.15) is 17.7 Å². The fraction of sp³-hybridized carbons (Fsp3) is 0.250. The summed E-state index contributed by atoms with van der Waals surface area (Å²) in [5.74, 6) is 0.648. The standard InChI is InChI=1S/C16H16F3N7/c17-16(18,19)8-3-9(20)5-11(4-8)24-14-6-12(23-10-1-2-10)15-22-7-13(21)26(15)25-14/h3-7,10,23H,1-2,20-21H2,(H,24,25). The van der Waals surface area contributed by atoms with Gasteiger partial charge in [-0.25, -0.2) is 4.98 Å². The normalized spacial score (nSPS) is 14.6. The van der Waals surface area contributed by atoms with Crippen LogP contribution in [0, 0.1) is 0 Å².